The van der Waals surface area contributed by atoms with E-state index in [9.17, 15) is 0 Å². The van der Waals surface area contributed by atoms with Crippen LogP contribution in [0, 0.1) is 34.5 Å². The summed E-state index contributed by atoms with van der Waals surface area (Å²) in [5, 5.41) is 4.55. The Hall–Kier alpha value is -0.176. The third kappa shape index (κ3) is 4.55. The predicted molar refractivity (Wildman–Crippen MR) is 138 cm³/mol. The molecular formula is C26H49NO3Si2. The van der Waals surface area contributed by atoms with E-state index >= 15 is 0 Å². The first-order valence-electron chi connectivity index (χ1n) is 13.2. The van der Waals surface area contributed by atoms with E-state index in [2.05, 4.69) is 58.3 Å². The quantitative estimate of drug-likeness (QED) is 0.312. The van der Waals surface area contributed by atoms with Crippen LogP contribution in [0.25, 0.3) is 0 Å². The second-order valence-corrected chi connectivity index (χ2v) is 22.8. The first-order valence-corrected chi connectivity index (χ1v) is 20.0. The fraction of sp³-hybridized carbons (Fsp3) is 0.962. The third-order valence-corrected chi connectivity index (χ3v) is 11.5. The van der Waals surface area contributed by atoms with Gasteiger partial charge in [0.15, 0.2) is 16.6 Å². The van der Waals surface area contributed by atoms with Crippen molar-refractivity contribution < 1.29 is 13.7 Å². The molecule has 0 aromatic rings. The van der Waals surface area contributed by atoms with Crippen molar-refractivity contribution in [2.24, 2.45) is 39.7 Å². The standard InChI is InChI=1S/C26H49NO3Si2/c1-25-15-14-19(29-31(4,5)6)16-18(25)10-11-20-21-12-13-23(27-28-3)26(21,2)17-22(24(20)25)30-32(7,8)9/h18-22,24H,10-17H2,1-9H3/t18-,19-,20?,21?,22?,24?,25+,26+/m1/s1. The highest BCUT2D eigenvalue weighted by Gasteiger charge is 2.63. The van der Waals surface area contributed by atoms with Crippen molar-refractivity contribution in [3.8, 4) is 0 Å². The molecule has 32 heavy (non-hydrogen) atoms. The zero-order chi connectivity index (χ0) is 23.5. The predicted octanol–water partition coefficient (Wildman–Crippen LogP) is 7.08. The molecule has 4 nitrogen and oxygen atoms in total. The van der Waals surface area contributed by atoms with Crippen LogP contribution in [0.2, 0.25) is 39.3 Å². The first-order chi connectivity index (χ1) is 14.8. The van der Waals surface area contributed by atoms with Crippen molar-refractivity contribution in [3.63, 3.8) is 0 Å². The van der Waals surface area contributed by atoms with Gasteiger partial charge in [-0.25, -0.2) is 0 Å². The number of nitrogens with zero attached hydrogens (tertiary/aromatic N) is 1. The van der Waals surface area contributed by atoms with Crippen LogP contribution in [0.1, 0.15) is 65.2 Å². The number of hydrogen-bond donors (Lipinski definition) is 0. The largest absolute Gasteiger partial charge is 0.415 e. The summed E-state index contributed by atoms with van der Waals surface area (Å²) < 4.78 is 13.7. The van der Waals surface area contributed by atoms with Crippen LogP contribution in [0.15, 0.2) is 5.16 Å². The van der Waals surface area contributed by atoms with Crippen molar-refractivity contribution in [2.45, 2.75) is 117 Å². The lowest BCUT2D eigenvalue weighted by Crippen LogP contribution is -2.61. The molecule has 6 heteroatoms. The zero-order valence-corrected chi connectivity index (χ0v) is 24.3. The van der Waals surface area contributed by atoms with Gasteiger partial charge in [0.05, 0.1) is 5.71 Å². The molecule has 184 valence electrons. The minimum atomic E-state index is -1.66. The Balaban J connectivity index is 1.65. The highest BCUT2D eigenvalue weighted by atomic mass is 28.4. The van der Waals surface area contributed by atoms with Gasteiger partial charge in [-0.3, -0.25) is 0 Å². The third-order valence-electron chi connectivity index (χ3n) is 9.50. The maximum absolute atomic E-state index is 7.09. The SMILES string of the molecule is CON=C1CCC2C3CC[C@@H]4C[C@H](O[Si](C)(C)C)CC[C@]4(C)C3C(O[Si](C)(C)C)C[C@]12C. The Labute approximate surface area is 199 Å². The van der Waals surface area contributed by atoms with Gasteiger partial charge < -0.3 is 13.7 Å². The number of oxime groups is 1. The fourth-order valence-corrected chi connectivity index (χ4v) is 10.9. The minimum absolute atomic E-state index is 0.142. The molecule has 4 unspecified atom stereocenters. The van der Waals surface area contributed by atoms with E-state index in [0.717, 1.165) is 30.6 Å². The number of fused-ring (bicyclic) bond motifs is 5. The van der Waals surface area contributed by atoms with Gasteiger partial charge in [-0.15, -0.1) is 0 Å². The molecule has 4 fully saturated rings. The molecule has 0 aromatic carbocycles. The van der Waals surface area contributed by atoms with Gasteiger partial charge in [0.25, 0.3) is 0 Å². The molecule has 0 amide bonds. The molecule has 0 radical (unpaired) electrons. The molecule has 4 rings (SSSR count). The smallest absolute Gasteiger partial charge is 0.184 e. The van der Waals surface area contributed by atoms with Gasteiger partial charge in [-0.05, 0) is 120 Å². The van der Waals surface area contributed by atoms with Crippen molar-refractivity contribution in [3.05, 3.63) is 0 Å². The molecule has 0 aliphatic heterocycles. The van der Waals surface area contributed by atoms with Crippen LogP contribution in [-0.4, -0.2) is 41.7 Å². The summed E-state index contributed by atoms with van der Waals surface area (Å²) in [5.74, 6) is 2.96. The summed E-state index contributed by atoms with van der Waals surface area (Å²) in [6.07, 6.45) is 10.9. The Morgan fingerprint density at radius 3 is 2.22 bits per heavy atom. The number of rotatable bonds is 5. The van der Waals surface area contributed by atoms with Crippen molar-refractivity contribution >= 4 is 22.3 Å². The van der Waals surface area contributed by atoms with Crippen LogP contribution >= 0.6 is 0 Å². The topological polar surface area (TPSA) is 40.0 Å². The molecule has 0 N–H and O–H groups in total. The van der Waals surface area contributed by atoms with E-state index in [-0.39, 0.29) is 5.41 Å². The normalized spacial score (nSPS) is 45.8. The van der Waals surface area contributed by atoms with Gasteiger partial charge in [-0.1, -0.05) is 19.0 Å². The lowest BCUT2D eigenvalue weighted by atomic mass is 9.44. The maximum atomic E-state index is 7.09. The highest BCUT2D eigenvalue weighted by molar-refractivity contribution is 6.70. The van der Waals surface area contributed by atoms with Crippen molar-refractivity contribution in [2.75, 3.05) is 7.11 Å². The highest BCUT2D eigenvalue weighted by Crippen LogP contribution is 2.66. The van der Waals surface area contributed by atoms with Crippen LogP contribution in [0.5, 0.6) is 0 Å². The van der Waals surface area contributed by atoms with Crippen LogP contribution in [0.4, 0.5) is 0 Å². The second kappa shape index (κ2) is 8.49. The molecule has 8 atom stereocenters. The van der Waals surface area contributed by atoms with Gasteiger partial charge in [0.1, 0.15) is 7.11 Å². The first kappa shape index (κ1) is 24.9. The Kier molecular flexibility index (Phi) is 6.62. The summed E-state index contributed by atoms with van der Waals surface area (Å²) in [6.45, 7) is 19.3. The average Bonchev–Trinajstić information content (AvgIpc) is 2.95. The Morgan fingerprint density at radius 1 is 0.906 bits per heavy atom. The summed E-state index contributed by atoms with van der Waals surface area (Å²) in [5.41, 5.74) is 1.82. The molecule has 0 spiro atoms. The van der Waals surface area contributed by atoms with E-state index in [4.69, 9.17) is 13.7 Å². The van der Waals surface area contributed by atoms with Crippen molar-refractivity contribution in [1.82, 2.24) is 0 Å². The molecular weight excluding hydrogens is 430 g/mol. The average molecular weight is 480 g/mol. The van der Waals surface area contributed by atoms with E-state index in [1.807, 2.05) is 0 Å². The van der Waals surface area contributed by atoms with Crippen LogP contribution in [0.3, 0.4) is 0 Å². The van der Waals surface area contributed by atoms with Gasteiger partial charge in [0, 0.05) is 17.6 Å². The van der Waals surface area contributed by atoms with Crippen LogP contribution in [-0.2, 0) is 13.7 Å². The summed E-state index contributed by atoms with van der Waals surface area (Å²) >= 11 is 0. The van der Waals surface area contributed by atoms with Crippen molar-refractivity contribution in [1.29, 1.82) is 0 Å². The Morgan fingerprint density at radius 2 is 1.59 bits per heavy atom. The molecule has 4 aliphatic rings. The van der Waals surface area contributed by atoms with E-state index < -0.39 is 16.6 Å². The molecule has 0 heterocycles. The molecule has 0 bridgehead atoms. The van der Waals surface area contributed by atoms with E-state index in [0.29, 0.717) is 23.5 Å². The lowest BCUT2D eigenvalue weighted by Gasteiger charge is -2.63. The molecule has 4 saturated carbocycles. The van der Waals surface area contributed by atoms with Gasteiger partial charge in [0.2, 0.25) is 0 Å². The van der Waals surface area contributed by atoms with Gasteiger partial charge in [-0.2, -0.15) is 0 Å². The summed E-state index contributed by atoms with van der Waals surface area (Å²) in [6, 6.07) is 0. The minimum Gasteiger partial charge on any atom is -0.415 e. The zero-order valence-electron chi connectivity index (χ0n) is 22.3. The van der Waals surface area contributed by atoms with Gasteiger partial charge >= 0.3 is 0 Å². The lowest BCUT2D eigenvalue weighted by molar-refractivity contribution is -0.157. The molecule has 4 aliphatic carbocycles. The molecule has 0 aromatic heterocycles. The molecule has 0 saturated heterocycles. The Bertz CT molecular complexity index is 730. The van der Waals surface area contributed by atoms with Crippen LogP contribution < -0.4 is 0 Å². The maximum Gasteiger partial charge on any atom is 0.184 e. The summed E-state index contributed by atoms with van der Waals surface area (Å²) in [4.78, 5) is 5.31. The van der Waals surface area contributed by atoms with E-state index in [1.54, 1.807) is 7.11 Å². The monoisotopic (exact) mass is 479 g/mol. The van der Waals surface area contributed by atoms with E-state index in [1.165, 1.54) is 44.2 Å². The fourth-order valence-electron chi connectivity index (χ4n) is 8.53. The summed E-state index contributed by atoms with van der Waals surface area (Å²) in [7, 11) is -1.45. The number of hydrogen-bond acceptors (Lipinski definition) is 4. The second-order valence-electron chi connectivity index (χ2n) is 13.9.